The average Bonchev–Trinajstić information content (AvgIpc) is 2.76. The number of furan rings is 1. The van der Waals surface area contributed by atoms with Gasteiger partial charge < -0.3 is 9.15 Å². The molecule has 0 saturated carbocycles. The lowest BCUT2D eigenvalue weighted by Crippen LogP contribution is -1.97. The molecule has 0 saturated heterocycles. The highest BCUT2D eigenvalue weighted by molar-refractivity contribution is 5.66. The van der Waals surface area contributed by atoms with Crippen molar-refractivity contribution < 1.29 is 13.9 Å². The van der Waals surface area contributed by atoms with Crippen LogP contribution in [0.3, 0.4) is 0 Å². The van der Waals surface area contributed by atoms with E-state index in [-0.39, 0.29) is 12.6 Å². The Balaban J connectivity index is 2.11. The Bertz CT molecular complexity index is 471. The van der Waals surface area contributed by atoms with Gasteiger partial charge in [-0.25, -0.2) is 0 Å². The van der Waals surface area contributed by atoms with Crippen LogP contribution in [0.1, 0.15) is 12.5 Å². The van der Waals surface area contributed by atoms with Crippen molar-refractivity contribution >= 4 is 5.97 Å². The van der Waals surface area contributed by atoms with Crippen LogP contribution in [0.5, 0.6) is 0 Å². The van der Waals surface area contributed by atoms with Gasteiger partial charge in [0, 0.05) is 18.1 Å². The summed E-state index contributed by atoms with van der Waals surface area (Å²) in [6, 6.07) is 11.7. The highest BCUT2D eigenvalue weighted by Crippen LogP contribution is 2.21. The maximum Gasteiger partial charge on any atom is 0.302 e. The third-order valence-electron chi connectivity index (χ3n) is 2.15. The molecule has 82 valence electrons. The van der Waals surface area contributed by atoms with Gasteiger partial charge in [0.1, 0.15) is 12.4 Å². The summed E-state index contributed by atoms with van der Waals surface area (Å²) in [7, 11) is 0. The fraction of sp³-hybridized carbons (Fsp3) is 0.154. The van der Waals surface area contributed by atoms with Crippen molar-refractivity contribution in [2.24, 2.45) is 0 Å². The van der Waals surface area contributed by atoms with Crippen molar-refractivity contribution in [2.75, 3.05) is 0 Å². The lowest BCUT2D eigenvalue weighted by Gasteiger charge is -1.96. The smallest absolute Gasteiger partial charge is 0.302 e. The van der Waals surface area contributed by atoms with Gasteiger partial charge in [0.2, 0.25) is 0 Å². The van der Waals surface area contributed by atoms with Crippen molar-refractivity contribution in [3.63, 3.8) is 0 Å². The number of rotatable bonds is 3. The maximum atomic E-state index is 10.6. The van der Waals surface area contributed by atoms with Gasteiger partial charge in [-0.15, -0.1) is 0 Å². The van der Waals surface area contributed by atoms with Crippen LogP contribution in [0.15, 0.2) is 47.1 Å². The maximum absolute atomic E-state index is 10.6. The largest absolute Gasteiger partial charge is 0.464 e. The molecular weight excluding hydrogens is 204 g/mol. The molecule has 16 heavy (non-hydrogen) atoms. The first-order valence-electron chi connectivity index (χ1n) is 5.02. The molecule has 0 fully saturated rings. The Hall–Kier alpha value is -2.03. The zero-order valence-electron chi connectivity index (χ0n) is 8.97. The molecule has 3 nitrogen and oxygen atoms in total. The molecule has 1 aromatic heterocycles. The highest BCUT2D eigenvalue weighted by Gasteiger charge is 2.04. The van der Waals surface area contributed by atoms with Crippen molar-refractivity contribution in [2.45, 2.75) is 13.5 Å². The van der Waals surface area contributed by atoms with E-state index in [1.807, 2.05) is 36.4 Å². The first kappa shape index (κ1) is 10.5. The third kappa shape index (κ3) is 2.51. The molecule has 0 spiro atoms. The summed E-state index contributed by atoms with van der Waals surface area (Å²) < 4.78 is 10.3. The van der Waals surface area contributed by atoms with Gasteiger partial charge in [-0.1, -0.05) is 30.3 Å². The van der Waals surface area contributed by atoms with E-state index in [1.54, 1.807) is 6.26 Å². The van der Waals surface area contributed by atoms with E-state index < -0.39 is 0 Å². The van der Waals surface area contributed by atoms with E-state index in [0.717, 1.165) is 16.9 Å². The van der Waals surface area contributed by atoms with E-state index >= 15 is 0 Å². The van der Waals surface area contributed by atoms with Crippen molar-refractivity contribution in [1.82, 2.24) is 0 Å². The molecule has 0 aliphatic carbocycles. The molecule has 3 heteroatoms. The van der Waals surface area contributed by atoms with Crippen LogP contribution < -0.4 is 0 Å². The van der Waals surface area contributed by atoms with Crippen molar-refractivity contribution in [1.29, 1.82) is 0 Å². The number of benzene rings is 1. The molecule has 0 atom stereocenters. The molecule has 0 amide bonds. The SMILES string of the molecule is CC(=O)OCc1coc(-c2ccccc2)c1. The summed E-state index contributed by atoms with van der Waals surface area (Å²) in [6.07, 6.45) is 1.60. The topological polar surface area (TPSA) is 39.4 Å². The molecule has 0 aliphatic rings. The lowest BCUT2D eigenvalue weighted by atomic mass is 10.1. The molecule has 0 radical (unpaired) electrons. The highest BCUT2D eigenvalue weighted by atomic mass is 16.5. The van der Waals surface area contributed by atoms with Crippen LogP contribution in [-0.2, 0) is 16.1 Å². The minimum absolute atomic E-state index is 0.256. The van der Waals surface area contributed by atoms with Crippen LogP contribution in [-0.4, -0.2) is 5.97 Å². The average molecular weight is 216 g/mol. The molecule has 1 aromatic carbocycles. The summed E-state index contributed by atoms with van der Waals surface area (Å²) in [4.78, 5) is 10.6. The lowest BCUT2D eigenvalue weighted by molar-refractivity contribution is -0.142. The summed E-state index contributed by atoms with van der Waals surface area (Å²) >= 11 is 0. The quantitative estimate of drug-likeness (QED) is 0.740. The Morgan fingerprint density at radius 1 is 1.31 bits per heavy atom. The fourth-order valence-electron chi connectivity index (χ4n) is 1.39. The van der Waals surface area contributed by atoms with Gasteiger partial charge in [0.15, 0.2) is 0 Å². The van der Waals surface area contributed by atoms with Gasteiger partial charge in [-0.3, -0.25) is 4.79 Å². The van der Waals surface area contributed by atoms with Crippen molar-refractivity contribution in [3.8, 4) is 11.3 Å². The number of hydrogen-bond donors (Lipinski definition) is 0. The Kier molecular flexibility index (Phi) is 3.05. The van der Waals surface area contributed by atoms with Gasteiger partial charge in [-0.2, -0.15) is 0 Å². The summed E-state index contributed by atoms with van der Waals surface area (Å²) in [5, 5.41) is 0. The standard InChI is InChI=1S/C13H12O3/c1-10(14)15-8-11-7-13(16-9-11)12-5-3-2-4-6-12/h2-7,9H,8H2,1H3. The minimum atomic E-state index is -0.289. The fourth-order valence-corrected chi connectivity index (χ4v) is 1.39. The summed E-state index contributed by atoms with van der Waals surface area (Å²) in [5.41, 5.74) is 1.87. The Morgan fingerprint density at radius 3 is 2.75 bits per heavy atom. The second-order valence-electron chi connectivity index (χ2n) is 3.47. The van der Waals surface area contributed by atoms with Crippen LogP contribution in [0.2, 0.25) is 0 Å². The Labute approximate surface area is 93.7 Å². The van der Waals surface area contributed by atoms with Crippen LogP contribution in [0.25, 0.3) is 11.3 Å². The minimum Gasteiger partial charge on any atom is -0.464 e. The monoisotopic (exact) mass is 216 g/mol. The third-order valence-corrected chi connectivity index (χ3v) is 2.15. The molecule has 2 aromatic rings. The van der Waals surface area contributed by atoms with Crippen LogP contribution >= 0.6 is 0 Å². The first-order chi connectivity index (χ1) is 7.75. The van der Waals surface area contributed by atoms with Crippen molar-refractivity contribution in [3.05, 3.63) is 48.2 Å². The van der Waals surface area contributed by atoms with E-state index in [4.69, 9.17) is 9.15 Å². The normalized spacial score (nSPS) is 10.1. The zero-order chi connectivity index (χ0) is 11.4. The number of ether oxygens (including phenoxy) is 1. The van der Waals surface area contributed by atoms with Gasteiger partial charge in [0.05, 0.1) is 6.26 Å². The second kappa shape index (κ2) is 4.66. The zero-order valence-corrected chi connectivity index (χ0v) is 8.97. The first-order valence-corrected chi connectivity index (χ1v) is 5.02. The van der Waals surface area contributed by atoms with Gasteiger partial charge >= 0.3 is 5.97 Å². The Morgan fingerprint density at radius 2 is 2.06 bits per heavy atom. The number of esters is 1. The van der Waals surface area contributed by atoms with E-state index in [2.05, 4.69) is 0 Å². The van der Waals surface area contributed by atoms with Crippen LogP contribution in [0, 0.1) is 0 Å². The summed E-state index contributed by atoms with van der Waals surface area (Å²) in [5.74, 6) is 0.491. The number of carbonyl (C=O) groups excluding carboxylic acids is 1. The molecule has 1 heterocycles. The summed E-state index contributed by atoms with van der Waals surface area (Å²) in [6.45, 7) is 1.64. The molecule has 0 unspecified atom stereocenters. The van der Waals surface area contributed by atoms with E-state index in [0.29, 0.717) is 0 Å². The van der Waals surface area contributed by atoms with Crippen LogP contribution in [0.4, 0.5) is 0 Å². The van der Waals surface area contributed by atoms with Gasteiger partial charge in [0.25, 0.3) is 0 Å². The number of carbonyl (C=O) groups is 1. The van der Waals surface area contributed by atoms with E-state index in [1.165, 1.54) is 6.92 Å². The molecule has 0 bridgehead atoms. The molecule has 2 rings (SSSR count). The molecular formula is C13H12O3. The van der Waals surface area contributed by atoms with E-state index in [9.17, 15) is 4.79 Å². The van der Waals surface area contributed by atoms with Gasteiger partial charge in [-0.05, 0) is 6.07 Å². The molecule has 0 N–H and O–H groups in total. The molecule has 0 aliphatic heterocycles. The number of hydrogen-bond acceptors (Lipinski definition) is 3. The predicted octanol–water partition coefficient (Wildman–Crippen LogP) is 3.01. The predicted molar refractivity (Wildman–Crippen MR) is 59.6 cm³/mol. The second-order valence-corrected chi connectivity index (χ2v) is 3.47.